The van der Waals surface area contributed by atoms with E-state index in [4.69, 9.17) is 5.11 Å². The predicted octanol–water partition coefficient (Wildman–Crippen LogP) is 2.31. The van der Waals surface area contributed by atoms with Crippen molar-refractivity contribution in [2.45, 2.75) is 4.90 Å². The molecule has 3 aromatic rings. The van der Waals surface area contributed by atoms with Crippen molar-refractivity contribution in [1.29, 1.82) is 0 Å². The Kier molecular flexibility index (Phi) is 8.14. The minimum Gasteiger partial charge on any atom is -0.508 e. The second-order valence-corrected chi connectivity index (χ2v) is 9.52. The third-order valence-electron chi connectivity index (χ3n) is 4.70. The molecule has 1 heterocycles. The first-order valence-electron chi connectivity index (χ1n) is 10.3. The van der Waals surface area contributed by atoms with Gasteiger partial charge in [0.1, 0.15) is 11.5 Å². The van der Waals surface area contributed by atoms with Gasteiger partial charge in [-0.3, -0.25) is 14.6 Å². The highest BCUT2D eigenvalue weighted by molar-refractivity contribution is 7.94. The topological polar surface area (TPSA) is 120 Å². The van der Waals surface area contributed by atoms with Gasteiger partial charge >= 0.3 is 0 Å². The maximum atomic E-state index is 13.7. The van der Waals surface area contributed by atoms with Crippen molar-refractivity contribution in [2.75, 3.05) is 26.0 Å². The monoisotopic (exact) mass is 477 g/mol. The van der Waals surface area contributed by atoms with Gasteiger partial charge in [-0.2, -0.15) is 4.36 Å². The minimum absolute atomic E-state index is 0.0704. The number of rotatable bonds is 6. The molecule has 174 valence electrons. The van der Waals surface area contributed by atoms with E-state index in [0.29, 0.717) is 11.1 Å². The van der Waals surface area contributed by atoms with Crippen LogP contribution in [0.15, 0.2) is 82.3 Å². The lowest BCUT2D eigenvalue weighted by atomic mass is 10.1. The number of hydrogen-bond acceptors (Lipinski definition) is 6. The van der Waals surface area contributed by atoms with E-state index in [2.05, 4.69) is 21.2 Å². The molecular formula is C25H23N3O5S. The van der Waals surface area contributed by atoms with E-state index in [0.717, 1.165) is 0 Å². The summed E-state index contributed by atoms with van der Waals surface area (Å²) in [5.74, 6) is 4.01. The second-order valence-electron chi connectivity index (χ2n) is 7.30. The minimum atomic E-state index is -3.44. The number of aromatic nitrogens is 1. The Bertz CT molecular complexity index is 1370. The quantitative estimate of drug-likeness (QED) is 0.526. The van der Waals surface area contributed by atoms with E-state index in [1.165, 1.54) is 42.5 Å². The van der Waals surface area contributed by atoms with Crippen LogP contribution in [0.2, 0.25) is 0 Å². The molecule has 1 aromatic heterocycles. The van der Waals surface area contributed by atoms with Crippen LogP contribution < -0.4 is 0 Å². The molecule has 1 atom stereocenters. The van der Waals surface area contributed by atoms with Gasteiger partial charge < -0.3 is 15.1 Å². The molecule has 1 unspecified atom stereocenters. The van der Waals surface area contributed by atoms with E-state index in [1.54, 1.807) is 42.5 Å². The Morgan fingerprint density at radius 1 is 1.03 bits per heavy atom. The molecule has 0 bridgehead atoms. The normalized spacial score (nSPS) is 12.1. The zero-order chi connectivity index (χ0) is 24.6. The Labute approximate surface area is 198 Å². The molecule has 0 saturated heterocycles. The smallest absolute Gasteiger partial charge is 0.286 e. The average Bonchev–Trinajstić information content (AvgIpc) is 2.83. The van der Waals surface area contributed by atoms with Crippen molar-refractivity contribution in [3.8, 4) is 17.6 Å². The summed E-state index contributed by atoms with van der Waals surface area (Å²) in [5.41, 5.74) is 1.08. The molecule has 3 rings (SSSR count). The Balaban J connectivity index is 1.95. The van der Waals surface area contributed by atoms with Gasteiger partial charge in [0.25, 0.3) is 5.91 Å². The first-order valence-corrected chi connectivity index (χ1v) is 11.9. The van der Waals surface area contributed by atoms with Gasteiger partial charge in [-0.1, -0.05) is 36.1 Å². The fourth-order valence-electron chi connectivity index (χ4n) is 2.89. The van der Waals surface area contributed by atoms with Crippen molar-refractivity contribution in [1.82, 2.24) is 9.88 Å². The molecule has 8 nitrogen and oxygen atoms in total. The Morgan fingerprint density at radius 2 is 1.76 bits per heavy atom. The summed E-state index contributed by atoms with van der Waals surface area (Å²) in [6.07, 6.45) is 2.75. The number of phenolic OH excluding ortho intramolecular Hbond substituents is 1. The number of likely N-dealkylation sites (N-methyl/N-ethyl adjacent to an activating group) is 1. The second kappa shape index (κ2) is 11.2. The predicted molar refractivity (Wildman–Crippen MR) is 128 cm³/mol. The molecule has 0 aliphatic rings. The number of phenols is 1. The van der Waals surface area contributed by atoms with Gasteiger partial charge in [0.15, 0.2) is 0 Å². The molecule has 0 fully saturated rings. The van der Waals surface area contributed by atoms with E-state index < -0.39 is 27.3 Å². The third kappa shape index (κ3) is 6.51. The van der Waals surface area contributed by atoms with E-state index in [9.17, 15) is 18.9 Å². The highest BCUT2D eigenvalue weighted by Crippen LogP contribution is 2.17. The summed E-state index contributed by atoms with van der Waals surface area (Å²) in [6.45, 7) is -0.173. The van der Waals surface area contributed by atoms with E-state index in [1.807, 2.05) is 0 Å². The van der Waals surface area contributed by atoms with Gasteiger partial charge in [0, 0.05) is 42.0 Å². The van der Waals surface area contributed by atoms with Crippen LogP contribution in [0, 0.1) is 11.8 Å². The van der Waals surface area contributed by atoms with Crippen LogP contribution in [-0.4, -0.2) is 62.1 Å². The average molecular weight is 478 g/mol. The molecule has 9 heteroatoms. The lowest BCUT2D eigenvalue weighted by molar-refractivity contribution is -0.127. The van der Waals surface area contributed by atoms with Crippen LogP contribution >= 0.6 is 0 Å². The molecule has 0 aliphatic heterocycles. The number of pyridine rings is 1. The first kappa shape index (κ1) is 24.6. The van der Waals surface area contributed by atoms with Crippen LogP contribution in [0.3, 0.4) is 0 Å². The van der Waals surface area contributed by atoms with Crippen molar-refractivity contribution in [3.05, 3.63) is 89.7 Å². The van der Waals surface area contributed by atoms with Gasteiger partial charge in [-0.05, 0) is 36.4 Å². The molecule has 2 aromatic carbocycles. The fraction of sp³-hybridized carbons (Fsp3) is 0.160. The van der Waals surface area contributed by atoms with Crippen molar-refractivity contribution in [3.63, 3.8) is 0 Å². The molecule has 2 amide bonds. The molecular weight excluding hydrogens is 454 g/mol. The van der Waals surface area contributed by atoms with Crippen molar-refractivity contribution in [2.24, 2.45) is 4.36 Å². The molecule has 2 N–H and O–H groups in total. The van der Waals surface area contributed by atoms with Gasteiger partial charge in [-0.25, -0.2) is 4.21 Å². The number of benzene rings is 2. The summed E-state index contributed by atoms with van der Waals surface area (Å²) < 4.78 is 17.7. The first-order chi connectivity index (χ1) is 16.3. The van der Waals surface area contributed by atoms with Crippen molar-refractivity contribution < 1.29 is 24.0 Å². The SMILES string of the molecule is CN(CCO)C(=O)CS(=O)(=NC(=O)c1cncc(C#Cc2cccc(O)c2)c1)c1ccccc1. The Hall–Kier alpha value is -4.00. The summed E-state index contributed by atoms with van der Waals surface area (Å²) in [4.78, 5) is 31.0. The highest BCUT2D eigenvalue weighted by atomic mass is 32.2. The van der Waals surface area contributed by atoms with Crippen LogP contribution in [0.1, 0.15) is 21.5 Å². The summed E-state index contributed by atoms with van der Waals surface area (Å²) in [5, 5.41) is 18.6. The van der Waals surface area contributed by atoms with Gasteiger partial charge in [0.2, 0.25) is 5.91 Å². The fourth-order valence-corrected chi connectivity index (χ4v) is 4.74. The van der Waals surface area contributed by atoms with Crippen LogP contribution in [0.5, 0.6) is 5.75 Å². The van der Waals surface area contributed by atoms with Gasteiger partial charge in [0.05, 0.1) is 21.9 Å². The summed E-state index contributed by atoms with van der Waals surface area (Å²) in [6, 6.07) is 16.0. The summed E-state index contributed by atoms with van der Waals surface area (Å²) in [7, 11) is -1.96. The molecule has 0 aliphatic carbocycles. The van der Waals surface area contributed by atoms with Crippen molar-refractivity contribution >= 4 is 21.5 Å². The number of aromatic hydroxyl groups is 1. The number of nitrogens with zero attached hydrogens (tertiary/aromatic N) is 3. The summed E-state index contributed by atoms with van der Waals surface area (Å²) >= 11 is 0. The largest absolute Gasteiger partial charge is 0.508 e. The van der Waals surface area contributed by atoms with Crippen LogP contribution in [-0.2, 0) is 14.5 Å². The zero-order valence-corrected chi connectivity index (χ0v) is 19.2. The van der Waals surface area contributed by atoms with Crippen LogP contribution in [0.4, 0.5) is 0 Å². The molecule has 0 radical (unpaired) electrons. The number of hydrogen-bond donors (Lipinski definition) is 2. The lowest BCUT2D eigenvalue weighted by Crippen LogP contribution is -2.34. The van der Waals surface area contributed by atoms with Crippen LogP contribution in [0.25, 0.3) is 0 Å². The Morgan fingerprint density at radius 3 is 2.47 bits per heavy atom. The number of aliphatic hydroxyl groups excluding tert-OH is 1. The van der Waals surface area contributed by atoms with E-state index in [-0.39, 0.29) is 29.4 Å². The molecule has 0 spiro atoms. The molecule has 0 saturated carbocycles. The third-order valence-corrected chi connectivity index (χ3v) is 6.81. The molecule has 34 heavy (non-hydrogen) atoms. The zero-order valence-electron chi connectivity index (χ0n) is 18.4. The standard InChI is InChI=1S/C25H23N3O5S/c1-28(12-13-29)24(31)18-34(33,23-8-3-2-4-9-23)27-25(32)21-14-20(16-26-17-21)11-10-19-6-5-7-22(30)15-19/h2-9,14-17,29-30H,12-13,18H2,1H3. The number of amides is 2. The van der Waals surface area contributed by atoms with Gasteiger partial charge in [-0.15, -0.1) is 0 Å². The number of carbonyl (C=O) groups is 2. The lowest BCUT2D eigenvalue weighted by Gasteiger charge is -2.17. The maximum absolute atomic E-state index is 13.7. The number of aliphatic hydroxyl groups is 1. The maximum Gasteiger partial charge on any atom is 0.286 e. The number of carbonyl (C=O) groups excluding carboxylic acids is 2. The highest BCUT2D eigenvalue weighted by Gasteiger charge is 2.22. The van der Waals surface area contributed by atoms with E-state index >= 15 is 0 Å².